The van der Waals surface area contributed by atoms with Gasteiger partial charge in [-0.2, -0.15) is 0 Å². The summed E-state index contributed by atoms with van der Waals surface area (Å²) in [6, 6.07) is 7.19. The fourth-order valence-electron chi connectivity index (χ4n) is 3.45. The molecular weight excluding hydrogens is 472 g/mol. The Morgan fingerprint density at radius 3 is 2.33 bits per heavy atom. The highest BCUT2D eigenvalue weighted by molar-refractivity contribution is 6.41. The molecule has 170 valence electrons. The van der Waals surface area contributed by atoms with Gasteiger partial charge in [-0.3, -0.25) is 0 Å². The highest BCUT2D eigenvalue weighted by Gasteiger charge is 2.22. The van der Waals surface area contributed by atoms with Crippen LogP contribution in [0.4, 0.5) is 21.6 Å². The minimum atomic E-state index is -0.670. The van der Waals surface area contributed by atoms with Crippen molar-refractivity contribution in [1.29, 1.82) is 0 Å². The summed E-state index contributed by atoms with van der Waals surface area (Å²) in [5.41, 5.74) is 7.19. The van der Waals surface area contributed by atoms with Gasteiger partial charge in [-0.15, -0.1) is 0 Å². The van der Waals surface area contributed by atoms with Crippen LogP contribution in [0.5, 0.6) is 11.5 Å². The van der Waals surface area contributed by atoms with Gasteiger partial charge >= 0.3 is 5.63 Å². The first kappa shape index (κ1) is 22.7. The fourth-order valence-corrected chi connectivity index (χ4v) is 4.15. The van der Waals surface area contributed by atoms with Crippen LogP contribution in [0.2, 0.25) is 10.0 Å². The van der Waals surface area contributed by atoms with E-state index in [2.05, 4.69) is 10.3 Å². The van der Waals surface area contributed by atoms with E-state index in [0.717, 1.165) is 0 Å². The van der Waals surface area contributed by atoms with Crippen LogP contribution in [0.15, 0.2) is 45.7 Å². The highest BCUT2D eigenvalue weighted by atomic mass is 35.5. The normalized spacial score (nSPS) is 11.0. The number of anilines is 3. The first-order chi connectivity index (χ1) is 15.7. The second kappa shape index (κ2) is 8.80. The molecule has 0 radical (unpaired) electrons. The number of halogens is 3. The van der Waals surface area contributed by atoms with Gasteiger partial charge in [-0.1, -0.05) is 23.2 Å². The van der Waals surface area contributed by atoms with Gasteiger partial charge in [-0.05, 0) is 30.7 Å². The van der Waals surface area contributed by atoms with E-state index < -0.39 is 11.4 Å². The number of nitrogens with two attached hydrogens (primary N) is 1. The number of nitrogen functional groups attached to an aromatic ring is 1. The van der Waals surface area contributed by atoms with Crippen LogP contribution in [0.3, 0.4) is 0 Å². The number of pyridine rings is 1. The molecule has 0 atom stereocenters. The second-order valence-corrected chi connectivity index (χ2v) is 7.91. The molecule has 0 fully saturated rings. The van der Waals surface area contributed by atoms with Gasteiger partial charge in [0.2, 0.25) is 0 Å². The number of nitrogens with zero attached hydrogens (tertiary/aromatic N) is 1. The lowest BCUT2D eigenvalue weighted by Crippen LogP contribution is -2.06. The lowest BCUT2D eigenvalue weighted by molar-refractivity contribution is 0.395. The van der Waals surface area contributed by atoms with Crippen molar-refractivity contribution in [2.45, 2.75) is 6.92 Å². The van der Waals surface area contributed by atoms with Crippen LogP contribution in [0.25, 0.3) is 22.1 Å². The topological polar surface area (TPSA) is 99.6 Å². The van der Waals surface area contributed by atoms with Crippen LogP contribution >= 0.6 is 23.2 Å². The lowest BCUT2D eigenvalue weighted by Gasteiger charge is -2.14. The van der Waals surface area contributed by atoms with Crippen LogP contribution in [-0.2, 0) is 0 Å². The van der Waals surface area contributed by atoms with Gasteiger partial charge < -0.3 is 24.9 Å². The summed E-state index contributed by atoms with van der Waals surface area (Å²) in [5, 5.41) is 3.84. The lowest BCUT2D eigenvalue weighted by atomic mass is 10.1. The fraction of sp³-hybridized carbons (Fsp3) is 0.130. The van der Waals surface area contributed by atoms with Crippen molar-refractivity contribution >= 4 is 51.4 Å². The summed E-state index contributed by atoms with van der Waals surface area (Å²) in [5.74, 6) is 0.501. The number of fused-ring (bicyclic) bond motifs is 1. The summed E-state index contributed by atoms with van der Waals surface area (Å²) >= 11 is 12.9. The Bertz CT molecular complexity index is 1410. The van der Waals surface area contributed by atoms with Crippen LogP contribution in [0, 0.1) is 12.7 Å². The van der Waals surface area contributed by atoms with Gasteiger partial charge in [0, 0.05) is 29.3 Å². The molecule has 0 spiro atoms. The maximum Gasteiger partial charge on any atom is 0.344 e. The predicted molar refractivity (Wildman–Crippen MR) is 128 cm³/mol. The summed E-state index contributed by atoms with van der Waals surface area (Å²) in [7, 11) is 2.88. The summed E-state index contributed by atoms with van der Waals surface area (Å²) in [6.45, 7) is 1.71. The Morgan fingerprint density at radius 1 is 1.06 bits per heavy atom. The van der Waals surface area contributed by atoms with Crippen LogP contribution < -0.4 is 26.1 Å². The largest absolute Gasteiger partial charge is 0.495 e. The third kappa shape index (κ3) is 4.15. The third-order valence-electron chi connectivity index (χ3n) is 5.04. The number of aryl methyl sites for hydroxylation is 1. The average Bonchev–Trinajstić information content (AvgIpc) is 2.77. The number of hydrogen-bond donors (Lipinski definition) is 2. The van der Waals surface area contributed by atoms with Crippen molar-refractivity contribution in [2.75, 3.05) is 25.3 Å². The Kier molecular flexibility index (Phi) is 6.05. The van der Waals surface area contributed by atoms with Crippen molar-refractivity contribution < 1.29 is 18.3 Å². The molecule has 0 saturated heterocycles. The number of methoxy groups -OCH3 is 2. The molecular formula is C23H18Cl2FN3O4. The molecule has 2 aromatic heterocycles. The number of benzene rings is 2. The number of rotatable bonds is 5. The van der Waals surface area contributed by atoms with E-state index in [1.165, 1.54) is 44.7 Å². The molecule has 2 heterocycles. The smallest absolute Gasteiger partial charge is 0.344 e. The van der Waals surface area contributed by atoms with Gasteiger partial charge in [-0.25, -0.2) is 14.2 Å². The second-order valence-electron chi connectivity index (χ2n) is 7.15. The van der Waals surface area contributed by atoms with Crippen molar-refractivity contribution in [1.82, 2.24) is 4.98 Å². The maximum atomic E-state index is 13.5. The minimum absolute atomic E-state index is 0.121. The molecule has 0 amide bonds. The molecule has 0 unspecified atom stereocenters. The van der Waals surface area contributed by atoms with Crippen molar-refractivity contribution in [3.63, 3.8) is 0 Å². The predicted octanol–water partition coefficient (Wildman–Crippen LogP) is 5.95. The SMILES string of the molecule is COc1cc(OC)c(Cl)c(-c2cc3cnc(Nc4c(C)cc(F)cc4N)cc3oc2=O)c1Cl. The number of hydrogen-bond acceptors (Lipinski definition) is 7. The van der Waals surface area contributed by atoms with Crippen molar-refractivity contribution in [3.05, 3.63) is 68.4 Å². The first-order valence-corrected chi connectivity index (χ1v) is 10.4. The first-order valence-electron chi connectivity index (χ1n) is 9.60. The van der Waals surface area contributed by atoms with Gasteiger partial charge in [0.1, 0.15) is 28.7 Å². The molecule has 3 N–H and O–H groups in total. The number of ether oxygens (including phenoxy) is 2. The van der Waals surface area contributed by atoms with E-state index in [9.17, 15) is 9.18 Å². The standard InChI is InChI=1S/C23H18Cl2FN3O4/c1-10-4-12(26)6-14(27)22(10)29-18-8-15-11(9-28-18)5-13(23(30)33-15)19-20(24)16(31-2)7-17(32-3)21(19)25/h4-9H,27H2,1-3H3,(H,28,29). The Hall–Kier alpha value is -3.49. The monoisotopic (exact) mass is 489 g/mol. The number of nitrogens with one attached hydrogen (secondary N) is 1. The molecule has 4 rings (SSSR count). The molecule has 0 aliphatic rings. The zero-order valence-electron chi connectivity index (χ0n) is 17.8. The van der Waals surface area contributed by atoms with E-state index in [4.69, 9.17) is 42.8 Å². The zero-order valence-corrected chi connectivity index (χ0v) is 19.3. The third-order valence-corrected chi connectivity index (χ3v) is 5.79. The quantitative estimate of drug-likeness (QED) is 0.334. The molecule has 0 saturated carbocycles. The van der Waals surface area contributed by atoms with Crippen molar-refractivity contribution in [2.24, 2.45) is 0 Å². The molecule has 0 aliphatic carbocycles. The molecule has 0 bridgehead atoms. The van der Waals surface area contributed by atoms with E-state index in [0.29, 0.717) is 22.5 Å². The highest BCUT2D eigenvalue weighted by Crippen LogP contribution is 2.45. The molecule has 0 aliphatic heterocycles. The van der Waals surface area contributed by atoms with E-state index in [1.54, 1.807) is 13.0 Å². The molecule has 2 aromatic carbocycles. The van der Waals surface area contributed by atoms with Gasteiger partial charge in [0.25, 0.3) is 0 Å². The summed E-state index contributed by atoms with van der Waals surface area (Å²) in [6.07, 6.45) is 1.51. The molecule has 10 heteroatoms. The van der Waals surface area contributed by atoms with Gasteiger partial charge in [0.15, 0.2) is 0 Å². The maximum absolute atomic E-state index is 13.5. The molecule has 4 aromatic rings. The van der Waals surface area contributed by atoms with Gasteiger partial charge in [0.05, 0.1) is 41.2 Å². The van der Waals surface area contributed by atoms with E-state index in [1.807, 2.05) is 0 Å². The Balaban J connectivity index is 1.82. The Morgan fingerprint density at radius 2 is 1.73 bits per heavy atom. The summed E-state index contributed by atoms with van der Waals surface area (Å²) in [4.78, 5) is 17.2. The zero-order chi connectivity index (χ0) is 23.9. The van der Waals surface area contributed by atoms with E-state index in [-0.39, 0.29) is 43.9 Å². The van der Waals surface area contributed by atoms with Crippen molar-refractivity contribution in [3.8, 4) is 22.6 Å². The molecule has 33 heavy (non-hydrogen) atoms. The summed E-state index contributed by atoms with van der Waals surface area (Å²) < 4.78 is 29.6. The average molecular weight is 490 g/mol. The Labute approximate surface area is 197 Å². The number of aromatic nitrogens is 1. The van der Waals surface area contributed by atoms with E-state index >= 15 is 0 Å². The molecule has 7 nitrogen and oxygen atoms in total. The van der Waals surface area contributed by atoms with Crippen LogP contribution in [0.1, 0.15) is 5.56 Å². The van der Waals surface area contributed by atoms with Crippen LogP contribution in [-0.4, -0.2) is 19.2 Å². The minimum Gasteiger partial charge on any atom is -0.495 e.